The Morgan fingerprint density at radius 3 is 2.26 bits per heavy atom. The largest absolute Gasteiger partial charge is 0.347 e. The van der Waals surface area contributed by atoms with E-state index >= 15 is 0 Å². The molecule has 176 valence electrons. The number of hydrogen-bond acceptors (Lipinski definition) is 5. The van der Waals surface area contributed by atoms with Crippen LogP contribution in [0.2, 0.25) is 0 Å². The van der Waals surface area contributed by atoms with Gasteiger partial charge in [-0.15, -0.1) is 0 Å². The van der Waals surface area contributed by atoms with Gasteiger partial charge in [0, 0.05) is 17.1 Å². The molecular formula is C26H28N4O4. The number of benzene rings is 2. The Kier molecular flexibility index (Phi) is 8.45. The maximum Gasteiger partial charge on any atom is 0.253 e. The first-order valence-electron chi connectivity index (χ1n) is 11.1. The molecule has 0 aliphatic rings. The van der Waals surface area contributed by atoms with Crippen molar-refractivity contribution in [3.63, 3.8) is 0 Å². The summed E-state index contributed by atoms with van der Waals surface area (Å²) in [6.45, 7) is 3.38. The van der Waals surface area contributed by atoms with Gasteiger partial charge in [0.15, 0.2) is 5.78 Å². The Morgan fingerprint density at radius 2 is 1.53 bits per heavy atom. The van der Waals surface area contributed by atoms with E-state index < -0.39 is 17.9 Å². The molecule has 3 N–H and O–H groups in total. The number of nitrogens with zero attached hydrogens (tertiary/aromatic N) is 1. The third-order valence-corrected chi connectivity index (χ3v) is 5.15. The Labute approximate surface area is 198 Å². The molecule has 0 fully saturated rings. The summed E-state index contributed by atoms with van der Waals surface area (Å²) in [6, 6.07) is 16.7. The second-order valence-corrected chi connectivity index (χ2v) is 8.34. The molecule has 0 bridgehead atoms. The Balaban J connectivity index is 1.53. The van der Waals surface area contributed by atoms with Crippen molar-refractivity contribution in [1.82, 2.24) is 20.9 Å². The lowest BCUT2D eigenvalue weighted by Gasteiger charge is -2.20. The summed E-state index contributed by atoms with van der Waals surface area (Å²) in [6.07, 6.45) is 2.02. The molecule has 0 aliphatic heterocycles. The predicted octanol–water partition coefficient (Wildman–Crippen LogP) is 2.49. The van der Waals surface area contributed by atoms with Crippen LogP contribution in [0.5, 0.6) is 0 Å². The van der Waals surface area contributed by atoms with Crippen molar-refractivity contribution >= 4 is 34.4 Å². The van der Waals surface area contributed by atoms with Gasteiger partial charge in [-0.1, -0.05) is 50.2 Å². The molecule has 0 unspecified atom stereocenters. The van der Waals surface area contributed by atoms with Crippen molar-refractivity contribution in [2.45, 2.75) is 26.3 Å². The zero-order valence-electron chi connectivity index (χ0n) is 19.2. The Hall–Kier alpha value is -4.07. The van der Waals surface area contributed by atoms with Gasteiger partial charge >= 0.3 is 0 Å². The number of ketones is 1. The summed E-state index contributed by atoms with van der Waals surface area (Å²) in [5, 5.41) is 8.71. The van der Waals surface area contributed by atoms with Crippen LogP contribution in [0.25, 0.3) is 10.9 Å². The Bertz CT molecular complexity index is 1170. The van der Waals surface area contributed by atoms with Gasteiger partial charge in [0.2, 0.25) is 5.91 Å². The molecular weight excluding hydrogens is 432 g/mol. The van der Waals surface area contributed by atoms with Gasteiger partial charge in [-0.3, -0.25) is 24.2 Å². The number of pyridine rings is 1. The van der Waals surface area contributed by atoms with Crippen LogP contribution in [0.3, 0.4) is 0 Å². The standard InChI is InChI=1S/C26H28N4O4/c1-17(2)14-22(30-24(32)19-8-4-3-5-9-19)26(34)29-16-20(31)15-28-25(33)21-12-6-10-18-11-7-13-27-23(18)21/h3-13,17,22H,14-16H2,1-2H3,(H,28,33)(H,29,34)(H,30,32)/t22-/m0/s1. The molecule has 0 saturated carbocycles. The second-order valence-electron chi connectivity index (χ2n) is 8.34. The molecule has 0 spiro atoms. The molecule has 0 saturated heterocycles. The highest BCUT2D eigenvalue weighted by Crippen LogP contribution is 2.15. The summed E-state index contributed by atoms with van der Waals surface area (Å²) in [5.41, 5.74) is 1.37. The van der Waals surface area contributed by atoms with E-state index in [1.807, 2.05) is 26.0 Å². The molecule has 3 aromatic rings. The molecule has 34 heavy (non-hydrogen) atoms. The average molecular weight is 461 g/mol. The molecule has 1 atom stereocenters. The summed E-state index contributed by atoms with van der Waals surface area (Å²) in [7, 11) is 0. The van der Waals surface area contributed by atoms with Crippen molar-refractivity contribution in [2.24, 2.45) is 5.92 Å². The molecule has 3 rings (SSSR count). The van der Waals surface area contributed by atoms with Crippen molar-refractivity contribution in [3.05, 3.63) is 78.0 Å². The van der Waals surface area contributed by atoms with Crippen molar-refractivity contribution in [1.29, 1.82) is 0 Å². The van der Waals surface area contributed by atoms with Crippen LogP contribution in [0.4, 0.5) is 0 Å². The first-order chi connectivity index (χ1) is 16.3. The third-order valence-electron chi connectivity index (χ3n) is 5.15. The molecule has 2 aromatic carbocycles. The van der Waals surface area contributed by atoms with Gasteiger partial charge in [0.25, 0.3) is 11.8 Å². The number of para-hydroxylation sites is 1. The van der Waals surface area contributed by atoms with Gasteiger partial charge in [-0.05, 0) is 36.6 Å². The zero-order valence-corrected chi connectivity index (χ0v) is 19.2. The van der Waals surface area contributed by atoms with Crippen LogP contribution in [-0.2, 0) is 9.59 Å². The highest BCUT2D eigenvalue weighted by atomic mass is 16.2. The molecule has 0 radical (unpaired) electrons. The average Bonchev–Trinajstić information content (AvgIpc) is 2.85. The fraction of sp³-hybridized carbons (Fsp3) is 0.269. The van der Waals surface area contributed by atoms with Crippen molar-refractivity contribution in [3.8, 4) is 0 Å². The number of amides is 3. The van der Waals surface area contributed by atoms with Crippen LogP contribution in [0.1, 0.15) is 41.0 Å². The van der Waals surface area contributed by atoms with E-state index in [4.69, 9.17) is 0 Å². The van der Waals surface area contributed by atoms with Crippen LogP contribution < -0.4 is 16.0 Å². The fourth-order valence-electron chi connectivity index (χ4n) is 3.47. The number of carbonyl (C=O) groups is 4. The lowest BCUT2D eigenvalue weighted by molar-refractivity contribution is -0.126. The summed E-state index contributed by atoms with van der Waals surface area (Å²) in [5.74, 6) is -1.44. The van der Waals surface area contributed by atoms with Gasteiger partial charge in [0.1, 0.15) is 6.04 Å². The fourth-order valence-corrected chi connectivity index (χ4v) is 3.47. The van der Waals surface area contributed by atoms with Crippen molar-refractivity contribution < 1.29 is 19.2 Å². The predicted molar refractivity (Wildman–Crippen MR) is 129 cm³/mol. The van der Waals surface area contributed by atoms with Gasteiger partial charge < -0.3 is 16.0 Å². The lowest BCUT2D eigenvalue weighted by atomic mass is 10.0. The summed E-state index contributed by atoms with van der Waals surface area (Å²) >= 11 is 0. The van der Waals surface area contributed by atoms with E-state index in [2.05, 4.69) is 20.9 Å². The van der Waals surface area contributed by atoms with E-state index in [-0.39, 0.29) is 30.7 Å². The van der Waals surface area contributed by atoms with E-state index in [0.29, 0.717) is 23.1 Å². The normalized spacial score (nSPS) is 11.6. The highest BCUT2D eigenvalue weighted by Gasteiger charge is 2.23. The maximum atomic E-state index is 12.7. The van der Waals surface area contributed by atoms with E-state index in [0.717, 1.165) is 5.39 Å². The van der Waals surface area contributed by atoms with Crippen molar-refractivity contribution in [2.75, 3.05) is 13.1 Å². The molecule has 0 aliphatic carbocycles. The van der Waals surface area contributed by atoms with Gasteiger partial charge in [-0.25, -0.2) is 0 Å². The first-order valence-corrected chi connectivity index (χ1v) is 11.1. The van der Waals surface area contributed by atoms with Crippen LogP contribution >= 0.6 is 0 Å². The summed E-state index contributed by atoms with van der Waals surface area (Å²) < 4.78 is 0. The minimum absolute atomic E-state index is 0.149. The van der Waals surface area contributed by atoms with Gasteiger partial charge in [-0.2, -0.15) is 0 Å². The minimum Gasteiger partial charge on any atom is -0.347 e. The highest BCUT2D eigenvalue weighted by molar-refractivity contribution is 6.06. The monoisotopic (exact) mass is 460 g/mol. The minimum atomic E-state index is -0.781. The molecule has 3 amide bonds. The zero-order chi connectivity index (χ0) is 24.5. The number of Topliss-reactive ketones (excluding diaryl/α,β-unsaturated/α-hetero) is 1. The van der Waals surface area contributed by atoms with Crippen LogP contribution in [-0.4, -0.2) is 47.6 Å². The van der Waals surface area contributed by atoms with Crippen LogP contribution in [0.15, 0.2) is 66.9 Å². The van der Waals surface area contributed by atoms with Gasteiger partial charge in [0.05, 0.1) is 24.2 Å². The first kappa shape index (κ1) is 24.6. The maximum absolute atomic E-state index is 12.7. The Morgan fingerprint density at radius 1 is 0.824 bits per heavy atom. The SMILES string of the molecule is CC(C)C[C@H](NC(=O)c1ccccc1)C(=O)NCC(=O)CNC(=O)c1cccc2cccnc12. The van der Waals surface area contributed by atoms with E-state index in [1.165, 1.54) is 0 Å². The van der Waals surface area contributed by atoms with E-state index in [9.17, 15) is 19.2 Å². The second kappa shape index (κ2) is 11.7. The molecule has 1 heterocycles. The smallest absolute Gasteiger partial charge is 0.253 e. The quantitative estimate of drug-likeness (QED) is 0.430. The lowest BCUT2D eigenvalue weighted by Crippen LogP contribution is -2.49. The number of carbonyl (C=O) groups excluding carboxylic acids is 4. The van der Waals surface area contributed by atoms with Crippen LogP contribution in [0, 0.1) is 5.92 Å². The topological polar surface area (TPSA) is 117 Å². The summed E-state index contributed by atoms with van der Waals surface area (Å²) in [4.78, 5) is 54.2. The number of rotatable bonds is 10. The molecule has 8 nitrogen and oxygen atoms in total. The number of fused-ring (bicyclic) bond motifs is 1. The molecule has 8 heteroatoms. The number of nitrogens with one attached hydrogen (secondary N) is 3. The number of aromatic nitrogens is 1. The molecule has 1 aromatic heterocycles. The number of hydrogen-bond donors (Lipinski definition) is 3. The third kappa shape index (κ3) is 6.71. The van der Waals surface area contributed by atoms with E-state index in [1.54, 1.807) is 54.7 Å².